The van der Waals surface area contributed by atoms with Crippen molar-refractivity contribution in [1.29, 1.82) is 0 Å². The van der Waals surface area contributed by atoms with E-state index in [9.17, 15) is 14.7 Å². The zero-order valence-corrected chi connectivity index (χ0v) is 28.2. The van der Waals surface area contributed by atoms with E-state index in [1.807, 2.05) is 91.0 Å². The van der Waals surface area contributed by atoms with Gasteiger partial charge in [0.25, 0.3) is 0 Å². The van der Waals surface area contributed by atoms with Crippen molar-refractivity contribution in [3.63, 3.8) is 0 Å². The molecule has 1 saturated heterocycles. The number of benzene rings is 4. The Hall–Kier alpha value is -4.26. The number of carbonyl (C=O) groups excluding carboxylic acids is 2. The number of urea groups is 1. The second-order valence-corrected chi connectivity index (χ2v) is 13.9. The molecule has 9 nitrogen and oxygen atoms in total. The minimum Gasteiger partial charge on any atom is -0.467 e. The van der Waals surface area contributed by atoms with Gasteiger partial charge in [-0.2, -0.15) is 0 Å². The van der Waals surface area contributed by atoms with E-state index in [-0.39, 0.29) is 24.7 Å². The summed E-state index contributed by atoms with van der Waals surface area (Å²) < 4.78 is 20.3. The maximum atomic E-state index is 13.1. The predicted molar refractivity (Wildman–Crippen MR) is 188 cm³/mol. The van der Waals surface area contributed by atoms with E-state index in [2.05, 4.69) is 23.6 Å². The summed E-state index contributed by atoms with van der Waals surface area (Å²) in [6, 6.07) is 31.2. The number of aliphatic hydroxyl groups is 1. The summed E-state index contributed by atoms with van der Waals surface area (Å²) in [7, 11) is 1.30. The van der Waals surface area contributed by atoms with Crippen molar-refractivity contribution in [2.24, 2.45) is 5.92 Å². The lowest BCUT2D eigenvalue weighted by atomic mass is 9.91. The molecule has 4 aromatic carbocycles. The molecule has 0 radical (unpaired) electrons. The molecule has 6 rings (SSSR count). The number of thioether (sulfide) groups is 1. The second kappa shape index (κ2) is 15.8. The molecule has 3 N–H and O–H groups in total. The van der Waals surface area contributed by atoms with E-state index in [1.54, 1.807) is 29.2 Å². The van der Waals surface area contributed by atoms with Crippen LogP contribution in [0.15, 0.2) is 107 Å². The summed E-state index contributed by atoms with van der Waals surface area (Å²) in [5.74, 6) is 0.145. The van der Waals surface area contributed by atoms with E-state index in [4.69, 9.17) is 19.2 Å². The maximum Gasteiger partial charge on any atom is 0.328 e. The molecule has 2 heterocycles. The van der Waals surface area contributed by atoms with Gasteiger partial charge in [-0.05, 0) is 41.0 Å². The zero-order valence-electron chi connectivity index (χ0n) is 26.6. The third kappa shape index (κ3) is 8.23. The van der Waals surface area contributed by atoms with Crippen LogP contribution in [0.3, 0.4) is 0 Å². The Labute approximate surface area is 287 Å². The van der Waals surface area contributed by atoms with Crippen molar-refractivity contribution < 1.29 is 28.9 Å². The third-order valence-electron chi connectivity index (χ3n) is 8.26. The van der Waals surface area contributed by atoms with E-state index in [1.165, 1.54) is 7.11 Å². The number of esters is 1. The molecular formula is C37H37N3O6S2. The molecule has 0 spiro atoms. The van der Waals surface area contributed by atoms with Crippen molar-refractivity contribution in [2.45, 2.75) is 48.8 Å². The van der Waals surface area contributed by atoms with E-state index >= 15 is 0 Å². The van der Waals surface area contributed by atoms with Gasteiger partial charge in [0.2, 0.25) is 0 Å². The molecule has 11 heteroatoms. The maximum absolute atomic E-state index is 13.1. The number of rotatable bonds is 11. The highest BCUT2D eigenvalue weighted by molar-refractivity contribution is 8.01. The fraction of sp³-hybridized carbons (Fsp3) is 0.270. The van der Waals surface area contributed by atoms with Crippen LogP contribution in [-0.2, 0) is 32.0 Å². The standard InChI is InChI=1S/C37H37N3O6S2/c1-23-31(22-47-37-40-29-13-6-7-14-32(29)48-37)45-35(46-33(23)26-17-15-25(21-41)16-18-26)27-11-8-12-28(20-27)38-36(43)39-30(34(42)44-2)19-24-9-4-3-5-10-24/h3-18,20,23,30-31,33,35,41H,19,21-22H2,1-2H3,(H2,38,39,43)/t23-,30+,31+,33+,35+/m1/s1. The van der Waals surface area contributed by atoms with Crippen molar-refractivity contribution >= 4 is 51.0 Å². The van der Waals surface area contributed by atoms with Crippen LogP contribution in [0.4, 0.5) is 10.5 Å². The fourth-order valence-corrected chi connectivity index (χ4v) is 7.91. The highest BCUT2D eigenvalue weighted by Gasteiger charge is 2.38. The molecule has 48 heavy (non-hydrogen) atoms. The zero-order chi connectivity index (χ0) is 33.5. The van der Waals surface area contributed by atoms with E-state index in [0.29, 0.717) is 17.9 Å². The Morgan fingerprint density at radius 1 is 0.938 bits per heavy atom. The van der Waals surface area contributed by atoms with Crippen molar-refractivity contribution in [1.82, 2.24) is 10.3 Å². The Morgan fingerprint density at radius 2 is 1.71 bits per heavy atom. The average Bonchev–Trinajstić information content (AvgIpc) is 3.54. The third-order valence-corrected chi connectivity index (χ3v) is 10.5. The first-order valence-corrected chi connectivity index (χ1v) is 17.5. The highest BCUT2D eigenvalue weighted by atomic mass is 32.2. The monoisotopic (exact) mass is 683 g/mol. The number of fused-ring (bicyclic) bond motifs is 1. The van der Waals surface area contributed by atoms with Crippen LogP contribution in [0, 0.1) is 5.92 Å². The normalized spacial score (nSPS) is 19.8. The van der Waals surface area contributed by atoms with Gasteiger partial charge in [0.15, 0.2) is 10.6 Å². The van der Waals surface area contributed by atoms with Crippen molar-refractivity contribution in [2.75, 3.05) is 18.2 Å². The molecule has 248 valence electrons. The summed E-state index contributed by atoms with van der Waals surface area (Å²) in [5, 5.41) is 15.2. The van der Waals surface area contributed by atoms with E-state index < -0.39 is 24.3 Å². The van der Waals surface area contributed by atoms with Gasteiger partial charge < -0.3 is 30.0 Å². The number of aromatic nitrogens is 1. The molecule has 1 aromatic heterocycles. The van der Waals surface area contributed by atoms with Gasteiger partial charge in [0.1, 0.15) is 6.04 Å². The second-order valence-electron chi connectivity index (χ2n) is 11.6. The number of aliphatic hydroxyl groups excluding tert-OH is 1. The van der Waals surface area contributed by atoms with Crippen LogP contribution >= 0.6 is 23.1 Å². The smallest absolute Gasteiger partial charge is 0.328 e. The first-order chi connectivity index (χ1) is 23.4. The largest absolute Gasteiger partial charge is 0.467 e. The summed E-state index contributed by atoms with van der Waals surface area (Å²) in [6.45, 7) is 2.09. The number of ether oxygens (including phenoxy) is 3. The number of nitrogens with one attached hydrogen (secondary N) is 2. The Balaban J connectivity index is 1.19. The topological polar surface area (TPSA) is 119 Å². The number of para-hydroxylation sites is 1. The minimum absolute atomic E-state index is 0.00931. The molecule has 0 unspecified atom stereocenters. The number of hydrogen-bond donors (Lipinski definition) is 3. The predicted octanol–water partition coefficient (Wildman–Crippen LogP) is 7.28. The molecule has 1 aliphatic heterocycles. The Bertz CT molecular complexity index is 1800. The number of hydrogen-bond acceptors (Lipinski definition) is 9. The number of thiazole rings is 1. The lowest BCUT2D eigenvalue weighted by Crippen LogP contribution is -2.45. The summed E-state index contributed by atoms with van der Waals surface area (Å²) in [4.78, 5) is 30.3. The average molecular weight is 684 g/mol. The first kappa shape index (κ1) is 33.6. The number of carbonyl (C=O) groups is 2. The summed E-state index contributed by atoms with van der Waals surface area (Å²) in [5.41, 5.74) is 4.95. The first-order valence-electron chi connectivity index (χ1n) is 15.7. The van der Waals surface area contributed by atoms with Crippen LogP contribution in [0.1, 0.15) is 41.6 Å². The molecular weight excluding hydrogens is 647 g/mol. The van der Waals surface area contributed by atoms with Gasteiger partial charge in [0, 0.05) is 29.3 Å². The summed E-state index contributed by atoms with van der Waals surface area (Å²) >= 11 is 3.34. The van der Waals surface area contributed by atoms with Crippen LogP contribution in [0.5, 0.6) is 0 Å². The summed E-state index contributed by atoms with van der Waals surface area (Å²) in [6.07, 6.45) is -0.881. The molecule has 2 amide bonds. The highest BCUT2D eigenvalue weighted by Crippen LogP contribution is 2.43. The molecule has 0 aliphatic carbocycles. The lowest BCUT2D eigenvalue weighted by Gasteiger charge is -2.41. The molecule has 0 saturated carbocycles. The quantitative estimate of drug-likeness (QED) is 0.0983. The Kier molecular flexibility index (Phi) is 11.0. The minimum atomic E-state index is -0.862. The molecule has 5 atom stereocenters. The van der Waals surface area contributed by atoms with Gasteiger partial charge in [-0.15, -0.1) is 11.3 Å². The van der Waals surface area contributed by atoms with Crippen molar-refractivity contribution in [3.05, 3.63) is 125 Å². The van der Waals surface area contributed by atoms with Crippen LogP contribution in [0.2, 0.25) is 0 Å². The van der Waals surface area contributed by atoms with Gasteiger partial charge in [-0.25, -0.2) is 14.6 Å². The molecule has 0 bridgehead atoms. The number of methoxy groups -OCH3 is 1. The fourth-order valence-electron chi connectivity index (χ4n) is 5.65. The molecule has 1 aliphatic rings. The van der Waals surface area contributed by atoms with Gasteiger partial charge in [-0.3, -0.25) is 0 Å². The van der Waals surface area contributed by atoms with Crippen LogP contribution in [-0.4, -0.2) is 47.1 Å². The van der Waals surface area contributed by atoms with Gasteiger partial charge in [0.05, 0.1) is 36.1 Å². The van der Waals surface area contributed by atoms with Gasteiger partial charge >= 0.3 is 12.0 Å². The van der Waals surface area contributed by atoms with Gasteiger partial charge in [-0.1, -0.05) is 97.5 Å². The van der Waals surface area contributed by atoms with E-state index in [0.717, 1.165) is 36.8 Å². The number of amides is 2. The van der Waals surface area contributed by atoms with Crippen LogP contribution < -0.4 is 10.6 Å². The molecule has 1 fully saturated rings. The SMILES string of the molecule is COC(=O)[C@H](Cc1ccccc1)NC(=O)Nc1cccc([C@H]2O[C@@H](CSc3nc4ccccc4s3)[C@@H](C)[C@@H](c3ccc(CO)cc3)O2)c1. The number of nitrogens with zero attached hydrogens (tertiary/aromatic N) is 1. The Morgan fingerprint density at radius 3 is 2.46 bits per heavy atom. The van der Waals surface area contributed by atoms with Crippen LogP contribution in [0.25, 0.3) is 10.2 Å². The lowest BCUT2D eigenvalue weighted by molar-refractivity contribution is -0.268. The molecule has 5 aromatic rings. The van der Waals surface area contributed by atoms with Crippen molar-refractivity contribution in [3.8, 4) is 0 Å². The number of anilines is 1.